The summed E-state index contributed by atoms with van der Waals surface area (Å²) in [6, 6.07) is 0. The first-order chi connectivity index (χ1) is 14.4. The highest BCUT2D eigenvalue weighted by molar-refractivity contribution is 7.98. The van der Waals surface area contributed by atoms with Gasteiger partial charge < -0.3 is 10.2 Å². The van der Waals surface area contributed by atoms with Crippen LogP contribution in [0.4, 0.5) is 0 Å². The lowest BCUT2D eigenvalue weighted by molar-refractivity contribution is -0.115. The van der Waals surface area contributed by atoms with Crippen LogP contribution in [0.15, 0.2) is 11.5 Å². The van der Waals surface area contributed by atoms with Crippen molar-refractivity contribution in [3.8, 4) is 0 Å². The number of carbonyl (C=O) groups is 2. The molecule has 0 aliphatic rings. The van der Waals surface area contributed by atoms with Crippen LogP contribution >= 0.6 is 0 Å². The number of rotatable bonds is 10. The molecule has 4 nitrogen and oxygen atoms in total. The molecule has 0 atom stereocenters. The van der Waals surface area contributed by atoms with Crippen molar-refractivity contribution in [1.82, 2.24) is 0 Å². The summed E-state index contributed by atoms with van der Waals surface area (Å²) in [4.78, 5) is 29.0. The molecular weight excluding hydrogens is 553 g/mol. The number of aliphatic hydroxyl groups excluding tert-OH is 2. The minimum atomic E-state index is -2.67. The molecule has 0 aromatic carbocycles. The van der Waals surface area contributed by atoms with Crippen molar-refractivity contribution in [2.45, 2.75) is 118 Å². The summed E-state index contributed by atoms with van der Waals surface area (Å²) in [6.07, 6.45) is 0. The Hall–Kier alpha value is 0.415. The van der Waals surface area contributed by atoms with Crippen LogP contribution in [0.1, 0.15) is 0 Å². The molecule has 0 unspecified atom stereocenters. The fraction of sp³-hybridized carbons (Fsp3) is 0.818. The molecule has 0 radical (unpaired) electrons. The Balaban J connectivity index is 7.66. The number of carbonyl (C=O) groups excluding carboxylic acids is 2. The molecule has 0 fully saturated rings. The highest BCUT2D eigenvalue weighted by Gasteiger charge is 2.70. The predicted molar refractivity (Wildman–Crippen MR) is 174 cm³/mol. The summed E-state index contributed by atoms with van der Waals surface area (Å²) in [7, 11) is -12.2. The molecule has 0 heterocycles. The highest BCUT2D eigenvalue weighted by Crippen LogP contribution is 2.42. The first-order valence-electron chi connectivity index (χ1n) is 12.6. The Morgan fingerprint density at radius 3 is 0.559 bits per heavy atom. The zero-order valence-electron chi connectivity index (χ0n) is 25.7. The van der Waals surface area contributed by atoms with Gasteiger partial charge in [-0.15, -0.1) is 0 Å². The van der Waals surface area contributed by atoms with Crippen molar-refractivity contribution in [3.63, 3.8) is 0 Å². The van der Waals surface area contributed by atoms with Gasteiger partial charge in [0, 0.05) is 45.5 Å². The van der Waals surface area contributed by atoms with E-state index in [1.54, 1.807) is 0 Å². The van der Waals surface area contributed by atoms with E-state index in [1.165, 1.54) is 0 Å². The molecule has 0 saturated carbocycles. The second-order valence-electron chi connectivity index (χ2n) is 16.4. The molecule has 34 heavy (non-hydrogen) atoms. The topological polar surface area (TPSA) is 74.6 Å². The minimum Gasteiger partial charge on any atom is -0.502 e. The lowest BCUT2D eigenvalue weighted by atomic mass is 10.4. The van der Waals surface area contributed by atoms with Gasteiger partial charge in [-0.1, -0.05) is 118 Å². The summed E-state index contributed by atoms with van der Waals surface area (Å²) in [5.41, 5.74) is 0. The van der Waals surface area contributed by atoms with Gasteiger partial charge in [-0.05, 0) is 0 Å². The third-order valence-electron chi connectivity index (χ3n) is 8.09. The van der Waals surface area contributed by atoms with Crippen molar-refractivity contribution in [2.24, 2.45) is 0 Å². The summed E-state index contributed by atoms with van der Waals surface area (Å²) < 4.78 is 0. The second kappa shape index (κ2) is 9.62. The molecule has 12 heteroatoms. The third-order valence-corrected chi connectivity index (χ3v) is 149. The van der Waals surface area contributed by atoms with Gasteiger partial charge in [-0.2, -0.15) is 0 Å². The molecule has 0 amide bonds. The Morgan fingerprint density at radius 1 is 0.353 bits per heavy atom. The average molecular weight is 609 g/mol. The molecule has 0 spiro atoms. The minimum absolute atomic E-state index is 0.194. The van der Waals surface area contributed by atoms with Gasteiger partial charge in [0.05, 0.1) is 0 Å². The van der Waals surface area contributed by atoms with E-state index in [-0.39, 0.29) is 10.8 Å². The third kappa shape index (κ3) is 5.20. The van der Waals surface area contributed by atoms with E-state index in [4.69, 9.17) is 0 Å². The van der Waals surface area contributed by atoms with E-state index in [0.29, 0.717) is 0 Å². The molecule has 0 aliphatic heterocycles. The SMILES string of the molecule is C[Si](C)(C)[Si](C(=O)/C(O)=C(\O)C(=O)[Si]([Si](C)(C)C)([Si](C)(C)C)[Si](C)(C)C)([Si](C)(C)C)[Si](C)(C)C. The largest absolute Gasteiger partial charge is 0.502 e. The van der Waals surface area contributed by atoms with Crippen LogP contribution in [0.5, 0.6) is 0 Å². The second-order valence-corrected chi connectivity index (χ2v) is 96.8. The fourth-order valence-electron chi connectivity index (χ4n) is 9.36. The molecule has 200 valence electrons. The summed E-state index contributed by atoms with van der Waals surface area (Å²) in [5, 5.41) is 22.8. The number of hydrogen-bond donors (Lipinski definition) is 2. The molecule has 0 saturated heterocycles. The molecule has 0 aliphatic carbocycles. The van der Waals surface area contributed by atoms with E-state index in [9.17, 15) is 19.8 Å². The summed E-state index contributed by atoms with van der Waals surface area (Å²) in [5.74, 6) is -1.12. The van der Waals surface area contributed by atoms with Crippen LogP contribution in [-0.2, 0) is 9.59 Å². The lowest BCUT2D eigenvalue weighted by Crippen LogP contribution is -2.87. The molecular formula is C22H56O4Si8. The maximum Gasteiger partial charge on any atom is 0.198 e. The standard InChI is InChI=1S/C22H56O4Si8/c1-27(2,3)33(28(4,5)6,29(7,8)9)21(25)19(23)20(24)22(26)34(30(10,11)12,31(13,14)15)32(16,17)18/h23-24H,1-18H3/b20-19+. The van der Waals surface area contributed by atoms with Gasteiger partial charge in [0.25, 0.3) is 0 Å². The Bertz CT molecular complexity index is 697. The van der Waals surface area contributed by atoms with Crippen molar-refractivity contribution < 1.29 is 19.8 Å². The van der Waals surface area contributed by atoms with Crippen LogP contribution in [0.2, 0.25) is 118 Å². The van der Waals surface area contributed by atoms with Crippen molar-refractivity contribution in [2.75, 3.05) is 0 Å². The van der Waals surface area contributed by atoms with Crippen molar-refractivity contribution in [3.05, 3.63) is 11.5 Å². The van der Waals surface area contributed by atoms with E-state index in [0.717, 1.165) is 0 Å². The number of hydrogen-bond acceptors (Lipinski definition) is 4. The number of allylic oxidation sites excluding steroid dienone is 2. The van der Waals surface area contributed by atoms with Crippen molar-refractivity contribution >= 4 is 69.6 Å². The zero-order chi connectivity index (χ0) is 28.3. The van der Waals surface area contributed by atoms with Gasteiger partial charge in [0.1, 0.15) is 13.3 Å². The van der Waals surface area contributed by atoms with Gasteiger partial charge in [0.2, 0.25) is 0 Å². The normalized spacial score (nSPS) is 16.3. The lowest BCUT2D eigenvalue weighted by Gasteiger charge is -2.56. The Kier molecular flexibility index (Phi) is 9.74. The number of aliphatic hydroxyl groups is 2. The Morgan fingerprint density at radius 2 is 0.471 bits per heavy atom. The summed E-state index contributed by atoms with van der Waals surface area (Å²) in [6.45, 7) is 35.8. The van der Waals surface area contributed by atoms with E-state index < -0.39 is 70.3 Å². The molecule has 0 bridgehead atoms. The van der Waals surface area contributed by atoms with Gasteiger partial charge in [-0.25, -0.2) is 0 Å². The molecule has 0 aromatic heterocycles. The van der Waals surface area contributed by atoms with Crippen LogP contribution in [-0.4, -0.2) is 79.8 Å². The molecule has 0 aromatic rings. The van der Waals surface area contributed by atoms with E-state index in [1.807, 2.05) is 0 Å². The van der Waals surface area contributed by atoms with Gasteiger partial charge in [0.15, 0.2) is 22.3 Å². The highest BCUT2D eigenvalue weighted by atomic mass is 29.9. The van der Waals surface area contributed by atoms with E-state index in [2.05, 4.69) is 118 Å². The molecule has 0 rings (SSSR count). The maximum atomic E-state index is 14.5. The van der Waals surface area contributed by atoms with E-state index >= 15 is 0 Å². The van der Waals surface area contributed by atoms with Crippen molar-refractivity contribution in [1.29, 1.82) is 0 Å². The van der Waals surface area contributed by atoms with Crippen LogP contribution < -0.4 is 0 Å². The summed E-state index contributed by atoms with van der Waals surface area (Å²) >= 11 is 0. The quantitative estimate of drug-likeness (QED) is 0.160. The monoisotopic (exact) mass is 608 g/mol. The van der Waals surface area contributed by atoms with Gasteiger partial charge >= 0.3 is 0 Å². The Labute approximate surface area is 217 Å². The average Bonchev–Trinajstić information content (AvgIpc) is 2.44. The van der Waals surface area contributed by atoms with Crippen LogP contribution in [0, 0.1) is 0 Å². The first-order valence-corrected chi connectivity index (χ1v) is 43.6. The fourth-order valence-corrected chi connectivity index (χ4v) is 204. The maximum absolute atomic E-state index is 14.5. The smallest absolute Gasteiger partial charge is 0.198 e. The predicted octanol–water partition coefficient (Wildman–Crippen LogP) is 6.93. The zero-order valence-corrected chi connectivity index (χ0v) is 33.7. The molecule has 2 N–H and O–H groups in total. The van der Waals surface area contributed by atoms with Crippen LogP contribution in [0.3, 0.4) is 0 Å². The first kappa shape index (κ1) is 34.4. The van der Waals surface area contributed by atoms with Gasteiger partial charge in [-0.3, -0.25) is 9.59 Å². The van der Waals surface area contributed by atoms with Crippen LogP contribution in [0.25, 0.3) is 0 Å².